The maximum absolute atomic E-state index is 12.6. The number of rotatable bonds is 6. The van der Waals surface area contributed by atoms with Crippen LogP contribution in [0.4, 0.5) is 11.4 Å². The molecule has 0 aliphatic carbocycles. The molecular weight excluding hydrogens is 406 g/mol. The van der Waals surface area contributed by atoms with Gasteiger partial charge in [-0.25, -0.2) is 0 Å². The molecule has 5 nitrogen and oxygen atoms in total. The summed E-state index contributed by atoms with van der Waals surface area (Å²) >= 11 is 1.38. The summed E-state index contributed by atoms with van der Waals surface area (Å²) in [6.07, 6.45) is 5.61. The Bertz CT molecular complexity index is 1200. The first kappa shape index (κ1) is 20.3. The number of nitrogens with zero attached hydrogens (tertiary/aromatic N) is 1. The number of anilines is 2. The monoisotopic (exact) mass is 425 g/mol. The van der Waals surface area contributed by atoms with E-state index < -0.39 is 0 Å². The molecule has 2 aromatic carbocycles. The van der Waals surface area contributed by atoms with E-state index in [1.165, 1.54) is 11.3 Å². The topological polar surface area (TPSA) is 71.1 Å². The van der Waals surface area contributed by atoms with Gasteiger partial charge in [-0.3, -0.25) is 14.6 Å². The second-order valence-corrected chi connectivity index (χ2v) is 7.62. The number of pyridine rings is 1. The first-order valence-corrected chi connectivity index (χ1v) is 10.5. The Morgan fingerprint density at radius 1 is 0.774 bits per heavy atom. The number of hydrogen-bond donors (Lipinski definition) is 2. The Morgan fingerprint density at radius 3 is 2.35 bits per heavy atom. The van der Waals surface area contributed by atoms with Gasteiger partial charge in [-0.1, -0.05) is 30.3 Å². The molecule has 0 bridgehead atoms. The van der Waals surface area contributed by atoms with E-state index in [1.807, 2.05) is 66.1 Å². The SMILES string of the molecule is O=C(Nc1cccc(C=Cc2ccccn2)c1)c1ccc(NC(=O)c2cccs2)cc1. The van der Waals surface area contributed by atoms with E-state index in [0.717, 1.165) is 11.3 Å². The minimum Gasteiger partial charge on any atom is -0.322 e. The van der Waals surface area contributed by atoms with Crippen molar-refractivity contribution in [3.63, 3.8) is 0 Å². The van der Waals surface area contributed by atoms with Gasteiger partial charge in [-0.15, -0.1) is 11.3 Å². The van der Waals surface area contributed by atoms with Gasteiger partial charge in [-0.2, -0.15) is 0 Å². The van der Waals surface area contributed by atoms with Crippen LogP contribution in [0, 0.1) is 0 Å². The summed E-state index contributed by atoms with van der Waals surface area (Å²) in [6.45, 7) is 0. The van der Waals surface area contributed by atoms with E-state index in [-0.39, 0.29) is 11.8 Å². The van der Waals surface area contributed by atoms with Crippen LogP contribution in [0.3, 0.4) is 0 Å². The van der Waals surface area contributed by atoms with E-state index >= 15 is 0 Å². The molecule has 2 amide bonds. The number of nitrogens with one attached hydrogen (secondary N) is 2. The quantitative estimate of drug-likeness (QED) is 0.409. The molecule has 0 radical (unpaired) electrons. The number of hydrogen-bond acceptors (Lipinski definition) is 4. The number of carbonyl (C=O) groups is 2. The summed E-state index contributed by atoms with van der Waals surface area (Å²) in [7, 11) is 0. The van der Waals surface area contributed by atoms with Crippen LogP contribution >= 0.6 is 11.3 Å². The van der Waals surface area contributed by atoms with Crippen LogP contribution in [0.5, 0.6) is 0 Å². The van der Waals surface area contributed by atoms with Crippen LogP contribution in [0.25, 0.3) is 12.2 Å². The molecule has 0 spiro atoms. The molecule has 0 fully saturated rings. The van der Waals surface area contributed by atoms with Gasteiger partial charge < -0.3 is 10.6 Å². The highest BCUT2D eigenvalue weighted by Gasteiger charge is 2.09. The van der Waals surface area contributed by atoms with Gasteiger partial charge in [0.05, 0.1) is 10.6 Å². The van der Waals surface area contributed by atoms with E-state index in [4.69, 9.17) is 0 Å². The average molecular weight is 426 g/mol. The molecule has 0 saturated carbocycles. The molecule has 0 saturated heterocycles. The minimum absolute atomic E-state index is 0.164. The van der Waals surface area contributed by atoms with Crippen molar-refractivity contribution in [2.24, 2.45) is 0 Å². The van der Waals surface area contributed by atoms with Gasteiger partial charge in [0.1, 0.15) is 0 Å². The van der Waals surface area contributed by atoms with Crippen molar-refractivity contribution >= 4 is 46.7 Å². The summed E-state index contributed by atoms with van der Waals surface area (Å²) in [5, 5.41) is 7.58. The summed E-state index contributed by atoms with van der Waals surface area (Å²) < 4.78 is 0. The third-order valence-electron chi connectivity index (χ3n) is 4.43. The van der Waals surface area contributed by atoms with E-state index in [9.17, 15) is 9.59 Å². The Hall–Kier alpha value is -4.03. The second-order valence-electron chi connectivity index (χ2n) is 6.68. The lowest BCUT2D eigenvalue weighted by Crippen LogP contribution is -2.13. The average Bonchev–Trinajstić information content (AvgIpc) is 3.34. The van der Waals surface area contributed by atoms with Gasteiger partial charge in [0.2, 0.25) is 0 Å². The highest BCUT2D eigenvalue weighted by molar-refractivity contribution is 7.12. The first-order valence-electron chi connectivity index (χ1n) is 9.63. The fourth-order valence-corrected chi connectivity index (χ4v) is 3.50. The van der Waals surface area contributed by atoms with Crippen LogP contribution in [-0.4, -0.2) is 16.8 Å². The normalized spacial score (nSPS) is 10.7. The molecule has 4 aromatic rings. The van der Waals surface area contributed by atoms with Crippen LogP contribution in [0.2, 0.25) is 0 Å². The Morgan fingerprint density at radius 2 is 1.61 bits per heavy atom. The van der Waals surface area contributed by atoms with Crippen molar-refractivity contribution in [1.29, 1.82) is 0 Å². The third kappa shape index (κ3) is 5.52. The standard InChI is InChI=1S/C25H19N3O2S/c29-24(19-10-13-21(14-11-19)27-25(30)23-8-4-16-31-23)28-22-7-3-5-18(17-22)9-12-20-6-1-2-15-26-20/h1-17H,(H,27,30)(H,28,29). The molecule has 4 rings (SSSR count). The molecule has 2 aromatic heterocycles. The highest BCUT2D eigenvalue weighted by Crippen LogP contribution is 2.17. The van der Waals surface area contributed by atoms with Crippen LogP contribution in [0.1, 0.15) is 31.3 Å². The van der Waals surface area contributed by atoms with Crippen molar-refractivity contribution < 1.29 is 9.59 Å². The van der Waals surface area contributed by atoms with Gasteiger partial charge in [-0.05, 0) is 71.6 Å². The van der Waals surface area contributed by atoms with Crippen molar-refractivity contribution in [1.82, 2.24) is 4.98 Å². The second kappa shape index (κ2) is 9.65. The summed E-state index contributed by atoms with van der Waals surface area (Å²) in [5.74, 6) is -0.384. The fraction of sp³-hybridized carbons (Fsp3) is 0. The van der Waals surface area contributed by atoms with Crippen LogP contribution in [0.15, 0.2) is 90.4 Å². The predicted molar refractivity (Wildman–Crippen MR) is 126 cm³/mol. The number of amides is 2. The van der Waals surface area contributed by atoms with E-state index in [0.29, 0.717) is 21.8 Å². The van der Waals surface area contributed by atoms with Gasteiger partial charge in [0, 0.05) is 23.1 Å². The van der Waals surface area contributed by atoms with Crippen LogP contribution < -0.4 is 10.6 Å². The van der Waals surface area contributed by atoms with Crippen molar-refractivity contribution in [2.75, 3.05) is 10.6 Å². The Kier molecular flexibility index (Phi) is 6.30. The van der Waals surface area contributed by atoms with Crippen LogP contribution in [-0.2, 0) is 0 Å². The predicted octanol–water partition coefficient (Wildman–Crippen LogP) is 5.82. The number of carbonyl (C=O) groups excluding carboxylic acids is 2. The molecule has 31 heavy (non-hydrogen) atoms. The maximum atomic E-state index is 12.6. The van der Waals surface area contributed by atoms with Gasteiger partial charge in [0.15, 0.2) is 0 Å². The summed E-state index contributed by atoms with van der Waals surface area (Å²) in [5.41, 5.74) is 3.65. The van der Waals surface area contributed by atoms with Gasteiger partial charge in [0.25, 0.3) is 11.8 Å². The third-order valence-corrected chi connectivity index (χ3v) is 5.30. The minimum atomic E-state index is -0.220. The van der Waals surface area contributed by atoms with Gasteiger partial charge >= 0.3 is 0 Å². The molecular formula is C25H19N3O2S. The zero-order chi connectivity index (χ0) is 21.5. The highest BCUT2D eigenvalue weighted by atomic mass is 32.1. The number of thiophene rings is 1. The lowest BCUT2D eigenvalue weighted by molar-refractivity contribution is 0.102. The molecule has 0 aliphatic heterocycles. The smallest absolute Gasteiger partial charge is 0.265 e. The maximum Gasteiger partial charge on any atom is 0.265 e. The van der Waals surface area contributed by atoms with Crippen molar-refractivity contribution in [3.8, 4) is 0 Å². The number of aromatic nitrogens is 1. The van der Waals surface area contributed by atoms with E-state index in [1.54, 1.807) is 36.5 Å². The van der Waals surface area contributed by atoms with Crippen molar-refractivity contribution in [3.05, 3.63) is 112 Å². The first-order chi connectivity index (χ1) is 15.2. The fourth-order valence-electron chi connectivity index (χ4n) is 2.88. The zero-order valence-corrected chi connectivity index (χ0v) is 17.3. The lowest BCUT2D eigenvalue weighted by atomic mass is 10.1. The molecule has 0 aliphatic rings. The molecule has 2 N–H and O–H groups in total. The Balaban J connectivity index is 1.39. The zero-order valence-electron chi connectivity index (χ0n) is 16.5. The molecule has 0 unspecified atom stereocenters. The molecule has 152 valence electrons. The van der Waals surface area contributed by atoms with E-state index in [2.05, 4.69) is 15.6 Å². The summed E-state index contributed by atoms with van der Waals surface area (Å²) in [4.78, 5) is 29.6. The molecule has 6 heteroatoms. The van der Waals surface area contributed by atoms with Crippen molar-refractivity contribution in [2.45, 2.75) is 0 Å². The number of benzene rings is 2. The molecule has 2 heterocycles. The molecule has 0 atom stereocenters. The summed E-state index contributed by atoms with van der Waals surface area (Å²) in [6, 6.07) is 23.7. The largest absolute Gasteiger partial charge is 0.322 e. The Labute approximate surface area is 184 Å². The lowest BCUT2D eigenvalue weighted by Gasteiger charge is -2.08.